The summed E-state index contributed by atoms with van der Waals surface area (Å²) in [6.45, 7) is 11.7. The average Bonchev–Trinajstić information content (AvgIpc) is 2.50. The third-order valence-corrected chi connectivity index (χ3v) is 6.11. The van der Waals surface area contributed by atoms with Crippen molar-refractivity contribution < 1.29 is 19.2 Å². The molecule has 4 amide bonds. The van der Waals surface area contributed by atoms with Crippen molar-refractivity contribution in [3.8, 4) is 0 Å². The van der Waals surface area contributed by atoms with E-state index >= 15 is 0 Å². The quantitative estimate of drug-likeness (QED) is 0.503. The zero-order chi connectivity index (χ0) is 22.5. The Labute approximate surface area is 176 Å². The number of isocyanates is 2. The minimum atomic E-state index is -0.893. The van der Waals surface area contributed by atoms with Crippen LogP contribution in [0.3, 0.4) is 0 Å². The molecule has 1 saturated heterocycles. The maximum absolute atomic E-state index is 13.3. The molecule has 1 aliphatic heterocycles. The van der Waals surface area contributed by atoms with E-state index in [1.165, 1.54) is 9.80 Å². The van der Waals surface area contributed by atoms with E-state index in [1.54, 1.807) is 24.3 Å². The summed E-state index contributed by atoms with van der Waals surface area (Å²) in [4.78, 5) is 58.2. The monoisotopic (exact) mass is 412 g/mol. The van der Waals surface area contributed by atoms with Crippen molar-refractivity contribution in [1.29, 1.82) is 0 Å². The Bertz CT molecular complexity index is 876. The first-order chi connectivity index (χ1) is 13.8. The summed E-state index contributed by atoms with van der Waals surface area (Å²) in [5.41, 5.74) is -1.23. The van der Waals surface area contributed by atoms with Gasteiger partial charge in [0.25, 0.3) is 0 Å². The summed E-state index contributed by atoms with van der Waals surface area (Å²) in [5, 5.41) is 0. The molecule has 160 valence electrons. The van der Waals surface area contributed by atoms with Crippen molar-refractivity contribution in [1.82, 2.24) is 9.80 Å². The SMILES string of the molecule is CC1(C)CC(N=C=O)=CC(C)(N2C(=O)N(C3(C)C=C(N=C=O)CC(C)(C)C3)C2=O)C1. The maximum atomic E-state index is 13.3. The standard InChI is InChI=1S/C22H28N4O4/c1-19(2)7-15(23-13-27)9-21(5,11-19)25-17(29)26(18(25)30)22(6)10-16(24-14-28)8-20(3,4)12-22/h9-10H,7-8,11-12H2,1-6H3. The molecule has 1 heterocycles. The normalized spacial score (nSPS) is 32.3. The first-order valence-electron chi connectivity index (χ1n) is 10.0. The van der Waals surface area contributed by atoms with E-state index in [4.69, 9.17) is 0 Å². The van der Waals surface area contributed by atoms with Gasteiger partial charge in [-0.25, -0.2) is 29.0 Å². The highest BCUT2D eigenvalue weighted by atomic mass is 16.2. The number of rotatable bonds is 4. The van der Waals surface area contributed by atoms with E-state index in [0.29, 0.717) is 37.1 Å². The minimum absolute atomic E-state index is 0.247. The number of urea groups is 2. The fraction of sp³-hybridized carbons (Fsp3) is 0.636. The Morgan fingerprint density at radius 3 is 1.37 bits per heavy atom. The lowest BCUT2D eigenvalue weighted by atomic mass is 9.69. The molecule has 1 fully saturated rings. The average molecular weight is 412 g/mol. The molecule has 8 heteroatoms. The Balaban J connectivity index is 1.97. The molecule has 0 radical (unpaired) electrons. The summed E-state index contributed by atoms with van der Waals surface area (Å²) in [7, 11) is 0. The van der Waals surface area contributed by atoms with Crippen LogP contribution in [0.1, 0.15) is 67.2 Å². The lowest BCUT2D eigenvalue weighted by Gasteiger charge is -2.57. The lowest BCUT2D eigenvalue weighted by Crippen LogP contribution is -2.76. The molecule has 30 heavy (non-hydrogen) atoms. The second-order valence-corrected chi connectivity index (χ2v) is 10.7. The molecule has 3 aliphatic rings. The van der Waals surface area contributed by atoms with Crippen LogP contribution >= 0.6 is 0 Å². The fourth-order valence-corrected chi connectivity index (χ4v) is 5.71. The van der Waals surface area contributed by atoms with Crippen LogP contribution in [0.2, 0.25) is 0 Å². The first-order valence-corrected chi connectivity index (χ1v) is 10.0. The van der Waals surface area contributed by atoms with Crippen LogP contribution in [-0.2, 0) is 9.59 Å². The summed E-state index contributed by atoms with van der Waals surface area (Å²) in [5.74, 6) is 0. The van der Waals surface area contributed by atoms with Crippen LogP contribution in [-0.4, -0.2) is 45.1 Å². The van der Waals surface area contributed by atoms with Gasteiger partial charge in [0.1, 0.15) is 0 Å². The number of carbonyl (C=O) groups is 2. The van der Waals surface area contributed by atoms with Crippen LogP contribution in [0.5, 0.6) is 0 Å². The topological polar surface area (TPSA) is 99.5 Å². The van der Waals surface area contributed by atoms with Crippen molar-refractivity contribution in [2.45, 2.75) is 78.3 Å². The zero-order valence-electron chi connectivity index (χ0n) is 18.4. The summed E-state index contributed by atoms with van der Waals surface area (Å²) < 4.78 is 0. The number of carbonyl (C=O) groups excluding carboxylic acids is 4. The smallest absolute Gasteiger partial charge is 0.247 e. The highest BCUT2D eigenvalue weighted by Crippen LogP contribution is 2.49. The third-order valence-electron chi connectivity index (χ3n) is 6.11. The van der Waals surface area contributed by atoms with E-state index in [9.17, 15) is 19.2 Å². The molecule has 2 aliphatic carbocycles. The molecule has 3 rings (SSSR count). The van der Waals surface area contributed by atoms with Crippen LogP contribution in [0.4, 0.5) is 9.59 Å². The van der Waals surface area contributed by atoms with Gasteiger partial charge in [-0.15, -0.1) is 0 Å². The van der Waals surface area contributed by atoms with E-state index in [2.05, 4.69) is 9.98 Å². The Hall–Kier alpha value is -2.82. The van der Waals surface area contributed by atoms with Gasteiger partial charge >= 0.3 is 12.1 Å². The van der Waals surface area contributed by atoms with Gasteiger partial charge in [-0.2, -0.15) is 9.98 Å². The van der Waals surface area contributed by atoms with Crippen molar-refractivity contribution >= 4 is 24.2 Å². The molecule has 0 bridgehead atoms. The third kappa shape index (κ3) is 3.69. The number of hydrogen-bond donors (Lipinski definition) is 0. The van der Waals surface area contributed by atoms with Crippen LogP contribution in [0, 0.1) is 10.8 Å². The second kappa shape index (κ2) is 6.86. The van der Waals surface area contributed by atoms with Gasteiger partial charge in [-0.05, 0) is 62.5 Å². The van der Waals surface area contributed by atoms with Crippen molar-refractivity contribution in [3.05, 3.63) is 23.5 Å². The highest BCUT2D eigenvalue weighted by molar-refractivity contribution is 6.13. The molecule has 0 N–H and O–H groups in total. The van der Waals surface area contributed by atoms with Gasteiger partial charge in [0.2, 0.25) is 12.2 Å². The van der Waals surface area contributed by atoms with Gasteiger partial charge in [-0.1, -0.05) is 27.7 Å². The van der Waals surface area contributed by atoms with Gasteiger partial charge in [0.15, 0.2) is 0 Å². The van der Waals surface area contributed by atoms with E-state index in [-0.39, 0.29) is 10.8 Å². The van der Waals surface area contributed by atoms with E-state index in [1.807, 2.05) is 41.5 Å². The second-order valence-electron chi connectivity index (χ2n) is 10.7. The lowest BCUT2D eigenvalue weighted by molar-refractivity contribution is 0.0159. The number of allylic oxidation sites excluding steroid dienone is 2. The molecule has 2 unspecified atom stereocenters. The molecule has 0 aromatic carbocycles. The molecule has 0 aromatic rings. The fourth-order valence-electron chi connectivity index (χ4n) is 5.71. The van der Waals surface area contributed by atoms with Crippen LogP contribution < -0.4 is 0 Å². The van der Waals surface area contributed by atoms with E-state index < -0.39 is 23.1 Å². The number of aliphatic imine (C=N–C) groups is 2. The number of imide groups is 2. The number of hydrogen-bond acceptors (Lipinski definition) is 6. The molecule has 0 aromatic heterocycles. The number of amides is 4. The molecule has 2 atom stereocenters. The zero-order valence-corrected chi connectivity index (χ0v) is 18.4. The Morgan fingerprint density at radius 1 is 0.733 bits per heavy atom. The highest BCUT2D eigenvalue weighted by Gasteiger charge is 2.60. The minimum Gasteiger partial charge on any atom is -0.247 e. The largest absolute Gasteiger partial charge is 0.337 e. The predicted molar refractivity (Wildman–Crippen MR) is 110 cm³/mol. The first kappa shape index (κ1) is 21.9. The molecular formula is C22H28N4O4. The van der Waals surface area contributed by atoms with Crippen LogP contribution in [0.25, 0.3) is 0 Å². The van der Waals surface area contributed by atoms with Crippen LogP contribution in [0.15, 0.2) is 33.5 Å². The molecule has 0 spiro atoms. The van der Waals surface area contributed by atoms with Gasteiger partial charge in [0.05, 0.1) is 22.5 Å². The summed E-state index contributed by atoms with van der Waals surface area (Å²) >= 11 is 0. The summed E-state index contributed by atoms with van der Waals surface area (Å²) in [6, 6.07) is -0.812. The van der Waals surface area contributed by atoms with Crippen molar-refractivity contribution in [2.75, 3.05) is 0 Å². The van der Waals surface area contributed by atoms with Gasteiger partial charge in [0, 0.05) is 0 Å². The van der Waals surface area contributed by atoms with Gasteiger partial charge in [-0.3, -0.25) is 0 Å². The molecular weight excluding hydrogens is 384 g/mol. The Morgan fingerprint density at radius 2 is 1.07 bits per heavy atom. The Kier molecular flexibility index (Phi) is 5.00. The van der Waals surface area contributed by atoms with E-state index in [0.717, 1.165) is 0 Å². The number of nitrogens with zero attached hydrogens (tertiary/aromatic N) is 4. The predicted octanol–water partition coefficient (Wildman–Crippen LogP) is 4.44. The summed E-state index contributed by atoms with van der Waals surface area (Å²) in [6.07, 6.45) is 8.82. The van der Waals surface area contributed by atoms with Crippen molar-refractivity contribution in [3.63, 3.8) is 0 Å². The molecule has 8 nitrogen and oxygen atoms in total. The van der Waals surface area contributed by atoms with Gasteiger partial charge < -0.3 is 0 Å². The maximum Gasteiger partial charge on any atom is 0.337 e. The van der Waals surface area contributed by atoms with Crippen molar-refractivity contribution in [2.24, 2.45) is 20.8 Å². The molecule has 0 saturated carbocycles.